The SMILES string of the molecule is Cc1cc(COC(=O)C2CCN(c3ncnc4sc(C)c(C)c34)CC2)no1. The van der Waals surface area contributed by atoms with E-state index in [0.29, 0.717) is 11.5 Å². The quantitative estimate of drug-likeness (QED) is 0.634. The van der Waals surface area contributed by atoms with Gasteiger partial charge in [-0.2, -0.15) is 0 Å². The number of thiophene rings is 1. The number of hydrogen-bond acceptors (Lipinski definition) is 8. The molecule has 0 saturated carbocycles. The van der Waals surface area contributed by atoms with Gasteiger partial charge in [0.05, 0.1) is 11.3 Å². The smallest absolute Gasteiger partial charge is 0.309 e. The molecule has 1 fully saturated rings. The van der Waals surface area contributed by atoms with Crippen LogP contribution in [0.25, 0.3) is 10.2 Å². The Hall–Kier alpha value is -2.48. The number of aryl methyl sites for hydroxylation is 3. The summed E-state index contributed by atoms with van der Waals surface area (Å²) in [5.41, 5.74) is 1.89. The number of nitrogens with zero attached hydrogens (tertiary/aromatic N) is 4. The molecule has 8 heteroatoms. The highest BCUT2D eigenvalue weighted by Gasteiger charge is 2.28. The highest BCUT2D eigenvalue weighted by atomic mass is 32.1. The average molecular weight is 386 g/mol. The van der Waals surface area contributed by atoms with E-state index < -0.39 is 0 Å². The maximum absolute atomic E-state index is 12.4. The van der Waals surface area contributed by atoms with Gasteiger partial charge in [0.1, 0.15) is 35.0 Å². The Kier molecular flexibility index (Phi) is 4.82. The molecule has 4 heterocycles. The molecule has 0 amide bonds. The summed E-state index contributed by atoms with van der Waals surface area (Å²) in [5.74, 6) is 1.44. The number of ether oxygens (including phenoxy) is 1. The first-order chi connectivity index (χ1) is 13.0. The van der Waals surface area contributed by atoms with Gasteiger partial charge in [0.25, 0.3) is 0 Å². The second-order valence-electron chi connectivity index (χ2n) is 6.96. The average Bonchev–Trinajstić information content (AvgIpc) is 3.22. The van der Waals surface area contributed by atoms with E-state index in [1.165, 1.54) is 10.4 Å². The maximum atomic E-state index is 12.4. The van der Waals surface area contributed by atoms with E-state index in [9.17, 15) is 4.79 Å². The number of hydrogen-bond donors (Lipinski definition) is 0. The molecule has 0 atom stereocenters. The fraction of sp³-hybridized carbons (Fsp3) is 0.474. The lowest BCUT2D eigenvalue weighted by Crippen LogP contribution is -2.37. The standard InChI is InChI=1S/C19H22N4O3S/c1-11-8-15(22-26-11)9-25-19(24)14-4-6-23(7-5-14)17-16-12(2)13(3)27-18(16)21-10-20-17/h8,10,14H,4-7,9H2,1-3H3. The number of anilines is 1. The topological polar surface area (TPSA) is 81.4 Å². The first kappa shape index (κ1) is 17.9. The van der Waals surface area contributed by atoms with E-state index in [1.54, 1.807) is 23.7 Å². The van der Waals surface area contributed by atoms with Gasteiger partial charge in [0, 0.05) is 24.0 Å². The molecule has 3 aromatic rings. The zero-order valence-corrected chi connectivity index (χ0v) is 16.5. The Morgan fingerprint density at radius 1 is 1.30 bits per heavy atom. The molecule has 7 nitrogen and oxygen atoms in total. The highest BCUT2D eigenvalue weighted by molar-refractivity contribution is 7.18. The molecule has 27 heavy (non-hydrogen) atoms. The van der Waals surface area contributed by atoms with Gasteiger partial charge in [-0.15, -0.1) is 11.3 Å². The monoisotopic (exact) mass is 386 g/mol. The first-order valence-electron chi connectivity index (χ1n) is 9.07. The molecular weight excluding hydrogens is 364 g/mol. The van der Waals surface area contributed by atoms with Crippen LogP contribution < -0.4 is 4.90 Å². The number of carbonyl (C=O) groups is 1. The van der Waals surface area contributed by atoms with Gasteiger partial charge in [-0.25, -0.2) is 9.97 Å². The van der Waals surface area contributed by atoms with Crippen LogP contribution in [-0.2, 0) is 16.1 Å². The van der Waals surface area contributed by atoms with Crippen molar-refractivity contribution in [2.24, 2.45) is 5.92 Å². The van der Waals surface area contributed by atoms with Gasteiger partial charge in [-0.1, -0.05) is 5.16 Å². The summed E-state index contributed by atoms with van der Waals surface area (Å²) in [4.78, 5) is 25.9. The number of esters is 1. The third kappa shape index (κ3) is 3.53. The molecule has 0 aromatic carbocycles. The molecule has 0 bridgehead atoms. The molecule has 1 aliphatic rings. The van der Waals surface area contributed by atoms with Crippen LogP contribution in [0.15, 0.2) is 16.9 Å². The fourth-order valence-corrected chi connectivity index (χ4v) is 4.47. The molecule has 1 saturated heterocycles. The van der Waals surface area contributed by atoms with Crippen molar-refractivity contribution in [3.63, 3.8) is 0 Å². The predicted octanol–water partition coefficient (Wildman–Crippen LogP) is 3.56. The Morgan fingerprint density at radius 2 is 2.07 bits per heavy atom. The number of aromatic nitrogens is 3. The molecule has 4 rings (SSSR count). The summed E-state index contributed by atoms with van der Waals surface area (Å²) in [6.07, 6.45) is 3.14. The summed E-state index contributed by atoms with van der Waals surface area (Å²) in [5, 5.41) is 4.99. The van der Waals surface area contributed by atoms with Crippen LogP contribution in [0.2, 0.25) is 0 Å². The second kappa shape index (κ2) is 7.26. The van der Waals surface area contributed by atoms with Crippen molar-refractivity contribution in [1.29, 1.82) is 0 Å². The van der Waals surface area contributed by atoms with Gasteiger partial charge in [-0.3, -0.25) is 4.79 Å². The lowest BCUT2D eigenvalue weighted by Gasteiger charge is -2.32. The number of carbonyl (C=O) groups excluding carboxylic acids is 1. The Balaban J connectivity index is 1.40. The predicted molar refractivity (Wildman–Crippen MR) is 103 cm³/mol. The molecule has 0 unspecified atom stereocenters. The van der Waals surface area contributed by atoms with E-state index in [2.05, 4.69) is 33.9 Å². The largest absolute Gasteiger partial charge is 0.459 e. The summed E-state index contributed by atoms with van der Waals surface area (Å²) >= 11 is 1.70. The summed E-state index contributed by atoms with van der Waals surface area (Å²) in [7, 11) is 0. The molecule has 142 valence electrons. The normalized spacial score (nSPS) is 15.4. The number of rotatable bonds is 4. The van der Waals surface area contributed by atoms with E-state index in [-0.39, 0.29) is 18.5 Å². The van der Waals surface area contributed by atoms with Crippen molar-refractivity contribution >= 4 is 33.3 Å². The lowest BCUT2D eigenvalue weighted by atomic mass is 9.97. The zero-order chi connectivity index (χ0) is 19.0. The van der Waals surface area contributed by atoms with Gasteiger partial charge in [0.2, 0.25) is 0 Å². The maximum Gasteiger partial charge on any atom is 0.309 e. The summed E-state index contributed by atoms with van der Waals surface area (Å²) in [6, 6.07) is 1.78. The summed E-state index contributed by atoms with van der Waals surface area (Å²) in [6.45, 7) is 7.78. The van der Waals surface area contributed by atoms with Crippen molar-refractivity contribution in [2.75, 3.05) is 18.0 Å². The van der Waals surface area contributed by atoms with Gasteiger partial charge in [0.15, 0.2) is 0 Å². The lowest BCUT2D eigenvalue weighted by molar-refractivity contribution is -0.150. The van der Waals surface area contributed by atoms with Crippen LogP contribution >= 0.6 is 11.3 Å². The number of fused-ring (bicyclic) bond motifs is 1. The molecule has 3 aromatic heterocycles. The molecule has 1 aliphatic heterocycles. The molecular formula is C19H22N4O3S. The Morgan fingerprint density at radius 3 is 2.78 bits per heavy atom. The zero-order valence-electron chi connectivity index (χ0n) is 15.7. The third-order valence-corrected chi connectivity index (χ3v) is 6.23. The van der Waals surface area contributed by atoms with Crippen molar-refractivity contribution in [2.45, 2.75) is 40.2 Å². The summed E-state index contributed by atoms with van der Waals surface area (Å²) < 4.78 is 10.4. The second-order valence-corrected chi connectivity index (χ2v) is 8.16. The molecule has 0 spiro atoms. The van der Waals surface area contributed by atoms with Crippen molar-refractivity contribution in [3.05, 3.63) is 34.3 Å². The Labute approximate surface area is 161 Å². The van der Waals surface area contributed by atoms with E-state index in [4.69, 9.17) is 9.26 Å². The molecule has 0 N–H and O–H groups in total. The van der Waals surface area contributed by atoms with Crippen LogP contribution in [-0.4, -0.2) is 34.2 Å². The van der Waals surface area contributed by atoms with Gasteiger partial charge < -0.3 is 14.2 Å². The minimum Gasteiger partial charge on any atom is -0.459 e. The third-order valence-electron chi connectivity index (χ3n) is 5.11. The van der Waals surface area contributed by atoms with E-state index in [0.717, 1.165) is 42.0 Å². The van der Waals surface area contributed by atoms with Crippen molar-refractivity contribution < 1.29 is 14.1 Å². The minimum absolute atomic E-state index is 0.0862. The fourth-order valence-electron chi connectivity index (χ4n) is 3.48. The van der Waals surface area contributed by atoms with Crippen LogP contribution in [0.4, 0.5) is 5.82 Å². The van der Waals surface area contributed by atoms with Crippen molar-refractivity contribution in [3.8, 4) is 0 Å². The minimum atomic E-state index is -0.161. The molecule has 0 aliphatic carbocycles. The first-order valence-corrected chi connectivity index (χ1v) is 9.89. The van der Waals surface area contributed by atoms with Crippen LogP contribution in [0.5, 0.6) is 0 Å². The van der Waals surface area contributed by atoms with E-state index >= 15 is 0 Å². The van der Waals surface area contributed by atoms with Crippen molar-refractivity contribution in [1.82, 2.24) is 15.1 Å². The van der Waals surface area contributed by atoms with E-state index in [1.807, 2.05) is 6.92 Å². The molecule has 0 radical (unpaired) electrons. The van der Waals surface area contributed by atoms with Gasteiger partial charge >= 0.3 is 5.97 Å². The van der Waals surface area contributed by atoms with Crippen LogP contribution in [0.1, 0.15) is 34.7 Å². The highest BCUT2D eigenvalue weighted by Crippen LogP contribution is 2.35. The van der Waals surface area contributed by atoms with Gasteiger partial charge in [-0.05, 0) is 39.2 Å². The van der Waals surface area contributed by atoms with Crippen LogP contribution in [0.3, 0.4) is 0 Å². The Bertz CT molecular complexity index is 973. The van der Waals surface area contributed by atoms with Crippen LogP contribution in [0, 0.1) is 26.7 Å². The number of piperidine rings is 1.